The second kappa shape index (κ2) is 13.7. The molecule has 6 heteroatoms. The molecule has 1 rings (SSSR count). The van der Waals surface area contributed by atoms with Gasteiger partial charge in [-0.05, 0) is 56.4 Å². The molecule has 0 radical (unpaired) electrons. The molecule has 1 aromatic carbocycles. The van der Waals surface area contributed by atoms with Gasteiger partial charge in [-0.1, -0.05) is 39.8 Å². The number of rotatable bonds is 14. The minimum Gasteiger partial charge on any atom is -0.381 e. The van der Waals surface area contributed by atoms with E-state index in [1.54, 1.807) is 12.1 Å². The molecule has 170 valence electrons. The predicted molar refractivity (Wildman–Crippen MR) is 129 cm³/mol. The third kappa shape index (κ3) is 9.54. The van der Waals surface area contributed by atoms with Crippen molar-refractivity contribution in [2.75, 3.05) is 17.6 Å². The van der Waals surface area contributed by atoms with Crippen molar-refractivity contribution in [1.82, 2.24) is 5.32 Å². The number of aliphatic hydroxyl groups is 2. The smallest absolute Gasteiger partial charge is 0.251 e. The third-order valence-corrected chi connectivity index (χ3v) is 6.83. The Morgan fingerprint density at radius 3 is 2.37 bits per heavy atom. The molecule has 0 heterocycles. The van der Waals surface area contributed by atoms with Crippen LogP contribution in [0.3, 0.4) is 0 Å². The van der Waals surface area contributed by atoms with E-state index in [0.29, 0.717) is 17.5 Å². The summed E-state index contributed by atoms with van der Waals surface area (Å²) in [5.74, 6) is 1.38. The summed E-state index contributed by atoms with van der Waals surface area (Å²) in [4.78, 5) is 12.2. The molecule has 0 aliphatic carbocycles. The maximum absolute atomic E-state index is 12.2. The first-order chi connectivity index (χ1) is 14.2. The van der Waals surface area contributed by atoms with Crippen molar-refractivity contribution in [3.8, 4) is 0 Å². The van der Waals surface area contributed by atoms with Crippen LogP contribution in [0, 0.1) is 5.92 Å². The number of carbonyl (C=O) groups is 1. The molecular formula is C24H40N2O3S. The maximum Gasteiger partial charge on any atom is 0.251 e. The fourth-order valence-electron chi connectivity index (χ4n) is 3.19. The number of benzene rings is 1. The van der Waals surface area contributed by atoms with Crippen LogP contribution in [0.5, 0.6) is 0 Å². The molecule has 0 aromatic heterocycles. The van der Waals surface area contributed by atoms with Crippen LogP contribution in [0.2, 0.25) is 0 Å². The van der Waals surface area contributed by atoms with Crippen molar-refractivity contribution in [3.63, 3.8) is 0 Å². The van der Waals surface area contributed by atoms with E-state index in [9.17, 15) is 4.79 Å². The normalized spacial score (nSPS) is 14.8. The summed E-state index contributed by atoms with van der Waals surface area (Å²) in [7, 11) is 0. The topological polar surface area (TPSA) is 81.6 Å². The second-order valence-electron chi connectivity index (χ2n) is 8.29. The number of carbonyl (C=O) groups excluding carboxylic acids is 1. The van der Waals surface area contributed by atoms with Gasteiger partial charge in [0.05, 0.1) is 0 Å². The van der Waals surface area contributed by atoms with Gasteiger partial charge >= 0.3 is 0 Å². The Labute approximate surface area is 186 Å². The molecule has 0 bridgehead atoms. The Kier molecular flexibility index (Phi) is 12.1. The van der Waals surface area contributed by atoms with Crippen LogP contribution in [0.15, 0.2) is 36.4 Å². The van der Waals surface area contributed by atoms with Gasteiger partial charge in [0.1, 0.15) is 0 Å². The lowest BCUT2D eigenvalue weighted by atomic mass is 9.90. The summed E-state index contributed by atoms with van der Waals surface area (Å²) in [6, 6.07) is 7.81. The molecule has 2 atom stereocenters. The molecule has 0 fully saturated rings. The standard InChI is InChI=1S/C24H40N2O3S/c1-6-8-9-16-30-24(5,7-2)21(17-18(3)4)26-20-12-10-19(11-13-20)23(29)25-15-14-22(27)28/h8-13,18,21-22,26-28H,6-7,14-17H2,1-5H3,(H,25,29)/b9-8-/t21?,24-/m1/s1. The Morgan fingerprint density at radius 1 is 1.17 bits per heavy atom. The Morgan fingerprint density at radius 2 is 1.83 bits per heavy atom. The van der Waals surface area contributed by atoms with Gasteiger partial charge in [0.15, 0.2) is 6.29 Å². The lowest BCUT2D eigenvalue weighted by Gasteiger charge is -2.38. The van der Waals surface area contributed by atoms with Crippen LogP contribution >= 0.6 is 11.8 Å². The second-order valence-corrected chi connectivity index (χ2v) is 9.84. The summed E-state index contributed by atoms with van der Waals surface area (Å²) < 4.78 is 0.101. The molecule has 5 nitrogen and oxygen atoms in total. The molecule has 0 spiro atoms. The molecule has 1 amide bonds. The highest BCUT2D eigenvalue weighted by Crippen LogP contribution is 2.37. The van der Waals surface area contributed by atoms with Gasteiger partial charge in [-0.3, -0.25) is 4.79 Å². The van der Waals surface area contributed by atoms with E-state index in [4.69, 9.17) is 10.2 Å². The van der Waals surface area contributed by atoms with Gasteiger partial charge in [0.2, 0.25) is 0 Å². The highest BCUT2D eigenvalue weighted by atomic mass is 32.2. The largest absolute Gasteiger partial charge is 0.381 e. The van der Waals surface area contributed by atoms with Crippen LogP contribution in [-0.4, -0.2) is 45.5 Å². The first-order valence-corrected chi connectivity index (χ1v) is 12.0. The van der Waals surface area contributed by atoms with Gasteiger partial charge in [0.25, 0.3) is 5.91 Å². The number of anilines is 1. The highest BCUT2D eigenvalue weighted by molar-refractivity contribution is 8.00. The van der Waals surface area contributed by atoms with Crippen LogP contribution in [0.25, 0.3) is 0 Å². The highest BCUT2D eigenvalue weighted by Gasteiger charge is 2.33. The number of allylic oxidation sites excluding steroid dienone is 1. The van der Waals surface area contributed by atoms with E-state index < -0.39 is 6.29 Å². The zero-order valence-corrected chi connectivity index (χ0v) is 20.0. The SMILES string of the molecule is CC/C=C\CS[C@](C)(CC)C(CC(C)C)Nc1ccc(C(=O)NCCC(O)O)cc1. The predicted octanol–water partition coefficient (Wildman–Crippen LogP) is 4.81. The van der Waals surface area contributed by atoms with E-state index in [0.717, 1.165) is 30.7 Å². The van der Waals surface area contributed by atoms with Crippen molar-refractivity contribution in [2.45, 2.75) is 77.4 Å². The zero-order chi connectivity index (χ0) is 22.6. The number of thioether (sulfide) groups is 1. The Balaban J connectivity index is 2.84. The van der Waals surface area contributed by atoms with E-state index >= 15 is 0 Å². The minimum absolute atomic E-state index is 0.101. The first-order valence-electron chi connectivity index (χ1n) is 11.0. The third-order valence-electron chi connectivity index (χ3n) is 5.23. The monoisotopic (exact) mass is 436 g/mol. The zero-order valence-electron chi connectivity index (χ0n) is 19.1. The fourth-order valence-corrected chi connectivity index (χ4v) is 4.36. The number of aliphatic hydroxyl groups excluding tert-OH is 1. The van der Waals surface area contributed by atoms with Crippen molar-refractivity contribution in [3.05, 3.63) is 42.0 Å². The van der Waals surface area contributed by atoms with Crippen molar-refractivity contribution in [2.24, 2.45) is 5.92 Å². The summed E-state index contributed by atoms with van der Waals surface area (Å²) in [5.41, 5.74) is 1.57. The Bertz CT molecular complexity index is 646. The molecule has 1 unspecified atom stereocenters. The lowest BCUT2D eigenvalue weighted by Crippen LogP contribution is -2.42. The molecule has 0 aliphatic rings. The maximum atomic E-state index is 12.2. The average molecular weight is 437 g/mol. The minimum atomic E-state index is -1.40. The van der Waals surface area contributed by atoms with Gasteiger partial charge in [0, 0.05) is 40.8 Å². The average Bonchev–Trinajstić information content (AvgIpc) is 2.70. The van der Waals surface area contributed by atoms with Crippen molar-refractivity contribution in [1.29, 1.82) is 0 Å². The van der Waals surface area contributed by atoms with E-state index in [1.807, 2.05) is 23.9 Å². The molecule has 0 saturated carbocycles. The number of hydrogen-bond acceptors (Lipinski definition) is 5. The summed E-state index contributed by atoms with van der Waals surface area (Å²) in [6.07, 6.45) is 6.39. The van der Waals surface area contributed by atoms with Crippen molar-refractivity contribution >= 4 is 23.4 Å². The lowest BCUT2D eigenvalue weighted by molar-refractivity contribution is -0.0440. The van der Waals surface area contributed by atoms with Crippen LogP contribution < -0.4 is 10.6 Å². The fraction of sp³-hybridized carbons (Fsp3) is 0.625. The number of nitrogens with one attached hydrogen (secondary N) is 2. The number of amides is 1. The molecule has 0 aliphatic heterocycles. The van der Waals surface area contributed by atoms with Gasteiger partial charge in [-0.25, -0.2) is 0 Å². The summed E-state index contributed by atoms with van der Waals surface area (Å²) in [5, 5.41) is 24.2. The summed E-state index contributed by atoms with van der Waals surface area (Å²) >= 11 is 2.00. The van der Waals surface area contributed by atoms with Crippen LogP contribution in [0.4, 0.5) is 5.69 Å². The van der Waals surface area contributed by atoms with Crippen LogP contribution in [0.1, 0.15) is 70.7 Å². The van der Waals surface area contributed by atoms with E-state index in [1.165, 1.54) is 0 Å². The van der Waals surface area contributed by atoms with Gasteiger partial charge in [-0.15, -0.1) is 11.8 Å². The van der Waals surface area contributed by atoms with E-state index in [2.05, 4.69) is 57.4 Å². The Hall–Kier alpha value is -1.50. The molecule has 30 heavy (non-hydrogen) atoms. The van der Waals surface area contributed by atoms with Gasteiger partial charge in [-0.2, -0.15) is 0 Å². The molecular weight excluding hydrogens is 396 g/mol. The van der Waals surface area contributed by atoms with Gasteiger partial charge < -0.3 is 20.8 Å². The molecule has 4 N–H and O–H groups in total. The van der Waals surface area contributed by atoms with Crippen LogP contribution in [-0.2, 0) is 0 Å². The number of hydrogen-bond donors (Lipinski definition) is 4. The molecule has 0 saturated heterocycles. The molecule has 1 aromatic rings. The summed E-state index contributed by atoms with van der Waals surface area (Å²) in [6.45, 7) is 11.5. The van der Waals surface area contributed by atoms with E-state index in [-0.39, 0.29) is 23.6 Å². The quantitative estimate of drug-likeness (QED) is 0.248. The van der Waals surface area contributed by atoms with Crippen molar-refractivity contribution < 1.29 is 15.0 Å². The first kappa shape index (κ1) is 26.5.